The van der Waals surface area contributed by atoms with Crippen molar-refractivity contribution >= 4 is 23.2 Å². The Bertz CT molecular complexity index is 1070. The third kappa shape index (κ3) is 5.51. The summed E-state index contributed by atoms with van der Waals surface area (Å²) >= 11 is 0. The van der Waals surface area contributed by atoms with Gasteiger partial charge < -0.3 is 15.5 Å². The van der Waals surface area contributed by atoms with Crippen molar-refractivity contribution in [3.8, 4) is 0 Å². The van der Waals surface area contributed by atoms with Gasteiger partial charge in [-0.25, -0.2) is 0 Å². The maximum absolute atomic E-state index is 12.3. The van der Waals surface area contributed by atoms with E-state index < -0.39 is 0 Å². The van der Waals surface area contributed by atoms with Crippen LogP contribution in [0.5, 0.6) is 0 Å². The molecule has 0 saturated heterocycles. The van der Waals surface area contributed by atoms with Gasteiger partial charge in [0.05, 0.1) is 24.4 Å². The topological polar surface area (TPSA) is 106 Å². The predicted molar refractivity (Wildman–Crippen MR) is 115 cm³/mol. The fraction of sp³-hybridized carbons (Fsp3) is 0.174. The Balaban J connectivity index is 1.24. The molecule has 156 valence electrons. The lowest BCUT2D eigenvalue weighted by molar-refractivity contribution is -0.118. The summed E-state index contributed by atoms with van der Waals surface area (Å²) in [6.45, 7) is 0.350. The first-order valence-electron chi connectivity index (χ1n) is 9.88. The number of anilines is 1. The predicted octanol–water partition coefficient (Wildman–Crippen LogP) is 2.93. The molecule has 2 aromatic heterocycles. The standard InChI is InChI=1S/C23H21N5O3/c29-22(13-20-12-21(28-31-20)17-4-3-10-24-14-17)27-18-8-6-16(7-9-18)23(30)26-15-19-5-1-2-11-25-19/h1-11,14,20H,12-13,15H2,(H,26,30)(H,27,29). The Kier molecular flexibility index (Phi) is 6.27. The third-order valence-electron chi connectivity index (χ3n) is 4.73. The van der Waals surface area contributed by atoms with Crippen molar-refractivity contribution in [3.63, 3.8) is 0 Å². The van der Waals surface area contributed by atoms with Crippen LogP contribution < -0.4 is 10.6 Å². The molecule has 3 aromatic rings. The molecule has 0 bridgehead atoms. The number of nitrogens with zero attached hydrogens (tertiary/aromatic N) is 3. The molecular formula is C23H21N5O3. The van der Waals surface area contributed by atoms with E-state index in [9.17, 15) is 9.59 Å². The lowest BCUT2D eigenvalue weighted by Gasteiger charge is -2.10. The van der Waals surface area contributed by atoms with E-state index in [0.29, 0.717) is 24.2 Å². The zero-order valence-corrected chi connectivity index (χ0v) is 16.7. The second-order valence-electron chi connectivity index (χ2n) is 7.04. The number of rotatable bonds is 7. The van der Waals surface area contributed by atoms with Gasteiger partial charge in [-0.2, -0.15) is 0 Å². The number of pyridine rings is 2. The molecule has 8 nitrogen and oxygen atoms in total. The molecule has 2 N–H and O–H groups in total. The van der Waals surface area contributed by atoms with Crippen molar-refractivity contribution < 1.29 is 14.4 Å². The van der Waals surface area contributed by atoms with Crippen LogP contribution >= 0.6 is 0 Å². The first-order valence-corrected chi connectivity index (χ1v) is 9.88. The highest BCUT2D eigenvalue weighted by molar-refractivity contribution is 6.01. The van der Waals surface area contributed by atoms with Gasteiger partial charge in [0.2, 0.25) is 5.91 Å². The van der Waals surface area contributed by atoms with Crippen molar-refractivity contribution in [1.29, 1.82) is 0 Å². The Hall–Kier alpha value is -4.07. The van der Waals surface area contributed by atoms with Crippen molar-refractivity contribution in [3.05, 3.63) is 90.0 Å². The molecule has 1 unspecified atom stereocenters. The minimum absolute atomic E-state index is 0.180. The van der Waals surface area contributed by atoms with Crippen LogP contribution in [-0.4, -0.2) is 33.6 Å². The van der Waals surface area contributed by atoms with E-state index in [2.05, 4.69) is 25.8 Å². The summed E-state index contributed by atoms with van der Waals surface area (Å²) < 4.78 is 0. The number of carbonyl (C=O) groups excluding carboxylic acids is 2. The highest BCUT2D eigenvalue weighted by Crippen LogP contribution is 2.19. The maximum atomic E-state index is 12.3. The molecule has 4 rings (SSSR count). The van der Waals surface area contributed by atoms with Gasteiger partial charge in [-0.15, -0.1) is 0 Å². The largest absolute Gasteiger partial charge is 0.391 e. The second-order valence-corrected chi connectivity index (χ2v) is 7.04. The van der Waals surface area contributed by atoms with Crippen LogP contribution in [0, 0.1) is 0 Å². The summed E-state index contributed by atoms with van der Waals surface area (Å²) in [5, 5.41) is 9.71. The lowest BCUT2D eigenvalue weighted by atomic mass is 10.0. The Labute approximate surface area is 179 Å². The van der Waals surface area contributed by atoms with E-state index in [4.69, 9.17) is 4.84 Å². The number of oxime groups is 1. The minimum Gasteiger partial charge on any atom is -0.391 e. The quantitative estimate of drug-likeness (QED) is 0.617. The van der Waals surface area contributed by atoms with Crippen LogP contribution in [0.2, 0.25) is 0 Å². The third-order valence-corrected chi connectivity index (χ3v) is 4.73. The van der Waals surface area contributed by atoms with Crippen LogP contribution in [-0.2, 0) is 16.2 Å². The van der Waals surface area contributed by atoms with Gasteiger partial charge in [-0.05, 0) is 48.5 Å². The van der Waals surface area contributed by atoms with Crippen LogP contribution in [0.15, 0.2) is 78.3 Å². The van der Waals surface area contributed by atoms with Gasteiger partial charge in [0.25, 0.3) is 5.91 Å². The van der Waals surface area contributed by atoms with Crippen molar-refractivity contribution in [2.75, 3.05) is 5.32 Å². The fourth-order valence-electron chi connectivity index (χ4n) is 3.14. The highest BCUT2D eigenvalue weighted by atomic mass is 16.6. The fourth-order valence-corrected chi connectivity index (χ4v) is 3.14. The Morgan fingerprint density at radius 3 is 2.65 bits per heavy atom. The van der Waals surface area contributed by atoms with E-state index in [0.717, 1.165) is 17.0 Å². The molecule has 0 radical (unpaired) electrons. The SMILES string of the molecule is O=C(CC1CC(c2cccnc2)=NO1)Nc1ccc(C(=O)NCc2ccccn2)cc1. The first kappa shape index (κ1) is 20.2. The van der Waals surface area contributed by atoms with Crippen molar-refractivity contribution in [1.82, 2.24) is 15.3 Å². The molecule has 0 aliphatic carbocycles. The second kappa shape index (κ2) is 9.62. The summed E-state index contributed by atoms with van der Waals surface area (Å²) in [5.41, 5.74) is 3.57. The molecule has 0 fully saturated rings. The van der Waals surface area contributed by atoms with E-state index in [1.807, 2.05) is 30.3 Å². The van der Waals surface area contributed by atoms with Crippen molar-refractivity contribution in [2.24, 2.45) is 5.16 Å². The summed E-state index contributed by atoms with van der Waals surface area (Å²) in [6.07, 6.45) is 5.51. The Morgan fingerprint density at radius 2 is 1.90 bits per heavy atom. The lowest BCUT2D eigenvalue weighted by Crippen LogP contribution is -2.23. The Morgan fingerprint density at radius 1 is 1.03 bits per heavy atom. The number of hydrogen-bond acceptors (Lipinski definition) is 6. The monoisotopic (exact) mass is 415 g/mol. The summed E-state index contributed by atoms with van der Waals surface area (Å²) in [6, 6.07) is 16.0. The van der Waals surface area contributed by atoms with Gasteiger partial charge in [-0.1, -0.05) is 11.2 Å². The molecule has 0 spiro atoms. The average molecular weight is 415 g/mol. The van der Waals surface area contributed by atoms with Gasteiger partial charge in [0.15, 0.2) is 0 Å². The highest BCUT2D eigenvalue weighted by Gasteiger charge is 2.24. The molecule has 2 amide bonds. The maximum Gasteiger partial charge on any atom is 0.251 e. The van der Waals surface area contributed by atoms with Gasteiger partial charge in [0.1, 0.15) is 6.10 Å². The van der Waals surface area contributed by atoms with Crippen molar-refractivity contribution in [2.45, 2.75) is 25.5 Å². The molecule has 1 atom stereocenters. The number of amides is 2. The van der Waals surface area contributed by atoms with E-state index in [1.54, 1.807) is 42.9 Å². The zero-order valence-electron chi connectivity index (χ0n) is 16.7. The molecular weight excluding hydrogens is 394 g/mol. The molecule has 3 heterocycles. The average Bonchev–Trinajstić information content (AvgIpc) is 3.27. The number of benzene rings is 1. The number of aromatic nitrogens is 2. The zero-order chi connectivity index (χ0) is 21.5. The summed E-state index contributed by atoms with van der Waals surface area (Å²) in [7, 11) is 0. The molecule has 1 aliphatic heterocycles. The number of nitrogens with one attached hydrogen (secondary N) is 2. The van der Waals surface area contributed by atoms with E-state index in [-0.39, 0.29) is 24.3 Å². The van der Waals surface area contributed by atoms with Gasteiger partial charge >= 0.3 is 0 Å². The van der Waals surface area contributed by atoms with E-state index in [1.165, 1.54) is 0 Å². The molecule has 8 heteroatoms. The number of carbonyl (C=O) groups is 2. The first-order chi connectivity index (χ1) is 15.2. The van der Waals surface area contributed by atoms with Crippen LogP contribution in [0.3, 0.4) is 0 Å². The van der Waals surface area contributed by atoms with E-state index >= 15 is 0 Å². The smallest absolute Gasteiger partial charge is 0.251 e. The van der Waals surface area contributed by atoms with Crippen LogP contribution in [0.1, 0.15) is 34.5 Å². The normalized spacial score (nSPS) is 15.0. The number of hydrogen-bond donors (Lipinski definition) is 2. The van der Waals surface area contributed by atoms with Crippen LogP contribution in [0.4, 0.5) is 5.69 Å². The minimum atomic E-state index is -0.313. The molecule has 0 saturated carbocycles. The van der Waals surface area contributed by atoms with Crippen LogP contribution in [0.25, 0.3) is 0 Å². The summed E-state index contributed by atoms with van der Waals surface area (Å²) in [5.74, 6) is -0.386. The molecule has 1 aliphatic rings. The summed E-state index contributed by atoms with van der Waals surface area (Å²) in [4.78, 5) is 38.2. The van der Waals surface area contributed by atoms with Gasteiger partial charge in [-0.3, -0.25) is 19.6 Å². The molecule has 31 heavy (non-hydrogen) atoms. The van der Waals surface area contributed by atoms with Gasteiger partial charge in [0, 0.05) is 41.8 Å². The molecule has 1 aromatic carbocycles.